The van der Waals surface area contributed by atoms with Crippen LogP contribution in [0.4, 0.5) is 5.69 Å². The molecule has 7 heteroatoms. The third kappa shape index (κ3) is 6.11. The van der Waals surface area contributed by atoms with Gasteiger partial charge in [0.25, 0.3) is 0 Å². The Morgan fingerprint density at radius 1 is 1.00 bits per heavy atom. The van der Waals surface area contributed by atoms with Crippen molar-refractivity contribution < 1.29 is 13.2 Å². The molecule has 0 bridgehead atoms. The summed E-state index contributed by atoms with van der Waals surface area (Å²) in [5, 5.41) is -0.586. The Morgan fingerprint density at radius 2 is 1.59 bits per heavy atom. The van der Waals surface area contributed by atoms with Gasteiger partial charge in [0.1, 0.15) is 5.25 Å². The standard InChI is InChI=1S/C25H35N3O3S/c1-18(2)17-24(21-7-5-4-6-8-21)32(30,31)27-19(3)20-9-11-23(12-10-20)28-15-13-22(14-16-28)25(26)29/h4-12,18-19,22,24,27H,13-17H2,1-3H3,(H2,26,29)/t19-,24?/m1/s1. The van der Waals surface area contributed by atoms with Crippen molar-refractivity contribution in [2.45, 2.75) is 51.3 Å². The smallest absolute Gasteiger partial charge is 0.220 e. The molecule has 0 saturated carbocycles. The van der Waals surface area contributed by atoms with Crippen molar-refractivity contribution in [2.24, 2.45) is 17.6 Å². The van der Waals surface area contributed by atoms with E-state index in [2.05, 4.69) is 9.62 Å². The lowest BCUT2D eigenvalue weighted by atomic mass is 9.96. The second kappa shape index (κ2) is 10.5. The van der Waals surface area contributed by atoms with Crippen LogP contribution in [0.25, 0.3) is 0 Å². The summed E-state index contributed by atoms with van der Waals surface area (Å²) < 4.78 is 29.5. The second-order valence-electron chi connectivity index (χ2n) is 9.17. The molecule has 6 nitrogen and oxygen atoms in total. The van der Waals surface area contributed by atoms with E-state index < -0.39 is 15.3 Å². The van der Waals surface area contributed by atoms with Gasteiger partial charge in [0.05, 0.1) is 0 Å². The maximum atomic E-state index is 13.3. The van der Waals surface area contributed by atoms with Crippen molar-refractivity contribution in [3.8, 4) is 0 Å². The van der Waals surface area contributed by atoms with E-state index in [1.54, 1.807) is 0 Å². The molecule has 2 aromatic rings. The van der Waals surface area contributed by atoms with Crippen LogP contribution in [0.1, 0.15) is 62.5 Å². The topological polar surface area (TPSA) is 92.5 Å². The SMILES string of the molecule is CC(C)CC(c1ccccc1)S(=O)(=O)N[C@H](C)c1ccc(N2CCC(C(N)=O)CC2)cc1. The molecule has 0 aromatic heterocycles. The van der Waals surface area contributed by atoms with Crippen molar-refractivity contribution in [2.75, 3.05) is 18.0 Å². The van der Waals surface area contributed by atoms with Crippen LogP contribution in [0.5, 0.6) is 0 Å². The number of anilines is 1. The summed E-state index contributed by atoms with van der Waals surface area (Å²) in [5.74, 6) is 0.000748. The summed E-state index contributed by atoms with van der Waals surface area (Å²) in [6.07, 6.45) is 2.10. The lowest BCUT2D eigenvalue weighted by Gasteiger charge is -2.32. The maximum absolute atomic E-state index is 13.3. The number of benzene rings is 2. The van der Waals surface area contributed by atoms with E-state index in [0.717, 1.165) is 42.7 Å². The molecular formula is C25H35N3O3S. The van der Waals surface area contributed by atoms with Gasteiger partial charge in [-0.3, -0.25) is 4.79 Å². The normalized spacial score (nSPS) is 17.3. The van der Waals surface area contributed by atoms with Crippen LogP contribution in [-0.4, -0.2) is 27.4 Å². The third-order valence-electron chi connectivity index (χ3n) is 6.23. The summed E-state index contributed by atoms with van der Waals surface area (Å²) in [5.41, 5.74) is 8.24. The van der Waals surface area contributed by atoms with E-state index in [1.165, 1.54) is 0 Å². The van der Waals surface area contributed by atoms with Crippen LogP contribution in [0.3, 0.4) is 0 Å². The van der Waals surface area contributed by atoms with E-state index in [9.17, 15) is 13.2 Å². The zero-order chi connectivity index (χ0) is 23.3. The zero-order valence-electron chi connectivity index (χ0n) is 19.2. The number of hydrogen-bond donors (Lipinski definition) is 2. The average Bonchev–Trinajstić information content (AvgIpc) is 2.77. The van der Waals surface area contributed by atoms with Crippen molar-refractivity contribution in [3.63, 3.8) is 0 Å². The number of nitrogens with two attached hydrogens (primary N) is 1. The quantitative estimate of drug-likeness (QED) is 0.591. The molecule has 2 atom stereocenters. The van der Waals surface area contributed by atoms with E-state index >= 15 is 0 Å². The molecule has 3 rings (SSSR count). The molecule has 174 valence electrons. The molecule has 2 aromatic carbocycles. The molecule has 1 unspecified atom stereocenters. The second-order valence-corrected chi connectivity index (χ2v) is 11.1. The number of hydrogen-bond acceptors (Lipinski definition) is 4. The number of sulfonamides is 1. The Balaban J connectivity index is 1.69. The first-order valence-corrected chi connectivity index (χ1v) is 12.9. The Hall–Kier alpha value is -2.38. The van der Waals surface area contributed by atoms with Gasteiger partial charge < -0.3 is 10.6 Å². The van der Waals surface area contributed by atoms with Crippen LogP contribution in [0, 0.1) is 11.8 Å². The zero-order valence-corrected chi connectivity index (χ0v) is 20.0. The largest absolute Gasteiger partial charge is 0.371 e. The summed E-state index contributed by atoms with van der Waals surface area (Å²) in [4.78, 5) is 13.6. The predicted octanol–water partition coefficient (Wildman–Crippen LogP) is 4.16. The summed E-state index contributed by atoms with van der Waals surface area (Å²) in [6, 6.07) is 17.1. The lowest BCUT2D eigenvalue weighted by molar-refractivity contribution is -0.122. The van der Waals surface area contributed by atoms with Crippen LogP contribution in [-0.2, 0) is 14.8 Å². The number of rotatable bonds is 9. The van der Waals surface area contributed by atoms with Crippen molar-refractivity contribution in [3.05, 3.63) is 65.7 Å². The number of piperidine rings is 1. The average molecular weight is 458 g/mol. The van der Waals surface area contributed by atoms with E-state index in [1.807, 2.05) is 75.4 Å². The van der Waals surface area contributed by atoms with E-state index in [4.69, 9.17) is 5.73 Å². The molecule has 3 N–H and O–H groups in total. The van der Waals surface area contributed by atoms with Gasteiger partial charge in [0.2, 0.25) is 15.9 Å². The molecule has 0 spiro atoms. The minimum Gasteiger partial charge on any atom is -0.371 e. The fraction of sp³-hybridized carbons (Fsp3) is 0.480. The number of primary amides is 1. The molecule has 1 aliphatic rings. The van der Waals surface area contributed by atoms with Crippen LogP contribution >= 0.6 is 0 Å². The number of nitrogens with zero attached hydrogens (tertiary/aromatic N) is 1. The highest BCUT2D eigenvalue weighted by atomic mass is 32.2. The number of nitrogens with one attached hydrogen (secondary N) is 1. The van der Waals surface area contributed by atoms with E-state index in [-0.39, 0.29) is 23.8 Å². The maximum Gasteiger partial charge on any atom is 0.220 e. The molecule has 1 fully saturated rings. The lowest BCUT2D eigenvalue weighted by Crippen LogP contribution is -2.38. The number of carbonyl (C=O) groups excluding carboxylic acids is 1. The first-order valence-electron chi connectivity index (χ1n) is 11.4. The minimum absolute atomic E-state index is 0.0386. The Morgan fingerprint density at radius 3 is 2.12 bits per heavy atom. The van der Waals surface area contributed by atoms with Crippen molar-refractivity contribution in [1.82, 2.24) is 4.72 Å². The Kier molecular flexibility index (Phi) is 7.96. The highest BCUT2D eigenvalue weighted by molar-refractivity contribution is 7.89. The molecule has 1 heterocycles. The molecular weight excluding hydrogens is 422 g/mol. The fourth-order valence-electron chi connectivity index (χ4n) is 4.33. The van der Waals surface area contributed by atoms with Crippen LogP contribution in [0.15, 0.2) is 54.6 Å². The van der Waals surface area contributed by atoms with E-state index in [0.29, 0.717) is 6.42 Å². The van der Waals surface area contributed by atoms with Crippen molar-refractivity contribution in [1.29, 1.82) is 0 Å². The first kappa shape index (κ1) is 24.3. The summed E-state index contributed by atoms with van der Waals surface area (Å²) in [6.45, 7) is 7.55. The first-order chi connectivity index (χ1) is 15.2. The van der Waals surface area contributed by atoms with Gasteiger partial charge >= 0.3 is 0 Å². The summed E-state index contributed by atoms with van der Waals surface area (Å²) >= 11 is 0. The van der Waals surface area contributed by atoms with Gasteiger partial charge in [-0.05, 0) is 55.4 Å². The monoisotopic (exact) mass is 457 g/mol. The molecule has 0 aliphatic carbocycles. The highest BCUT2D eigenvalue weighted by Gasteiger charge is 2.30. The fourth-order valence-corrected chi connectivity index (χ4v) is 6.28. The van der Waals surface area contributed by atoms with Gasteiger partial charge in [-0.25, -0.2) is 13.1 Å². The highest BCUT2D eigenvalue weighted by Crippen LogP contribution is 2.31. The molecule has 1 saturated heterocycles. The van der Waals surface area contributed by atoms with Crippen LogP contribution in [0.2, 0.25) is 0 Å². The van der Waals surface area contributed by atoms with Crippen molar-refractivity contribution >= 4 is 21.6 Å². The number of carbonyl (C=O) groups is 1. The van der Waals surface area contributed by atoms with Gasteiger partial charge in [-0.1, -0.05) is 56.3 Å². The van der Waals surface area contributed by atoms with Gasteiger partial charge in [0, 0.05) is 30.7 Å². The molecule has 0 radical (unpaired) electrons. The molecule has 1 aliphatic heterocycles. The minimum atomic E-state index is -3.57. The molecule has 32 heavy (non-hydrogen) atoms. The number of amides is 1. The van der Waals surface area contributed by atoms with Gasteiger partial charge in [-0.2, -0.15) is 0 Å². The Labute approximate surface area is 192 Å². The summed E-state index contributed by atoms with van der Waals surface area (Å²) in [7, 11) is -3.57. The van der Waals surface area contributed by atoms with Gasteiger partial charge in [0.15, 0.2) is 0 Å². The third-order valence-corrected chi connectivity index (χ3v) is 8.12. The van der Waals surface area contributed by atoms with Gasteiger partial charge in [-0.15, -0.1) is 0 Å². The van der Waals surface area contributed by atoms with Crippen LogP contribution < -0.4 is 15.4 Å². The predicted molar refractivity (Wildman–Crippen MR) is 130 cm³/mol. The Bertz CT molecular complexity index is 983. The molecule has 1 amide bonds.